The van der Waals surface area contributed by atoms with Gasteiger partial charge < -0.3 is 20.3 Å². The average Bonchev–Trinajstić information content (AvgIpc) is 2.29. The van der Waals surface area contributed by atoms with Crippen LogP contribution in [-0.4, -0.2) is 37.1 Å². The molecule has 1 saturated heterocycles. The smallest absolute Gasteiger partial charge is 0.119 e. The van der Waals surface area contributed by atoms with Crippen LogP contribution in [0.2, 0.25) is 0 Å². The first-order chi connectivity index (χ1) is 8.58. The molecule has 0 radical (unpaired) electrons. The van der Waals surface area contributed by atoms with Crippen molar-refractivity contribution in [2.45, 2.75) is 31.4 Å². The summed E-state index contributed by atoms with van der Waals surface area (Å²) in [5.74, 6) is 0.849. The summed E-state index contributed by atoms with van der Waals surface area (Å²) in [4.78, 5) is 0. The van der Waals surface area contributed by atoms with Gasteiger partial charge in [0.1, 0.15) is 5.75 Å². The molecule has 1 heterocycles. The monoisotopic (exact) mass is 251 g/mol. The molecule has 100 valence electrons. The van der Waals surface area contributed by atoms with Crippen LogP contribution in [-0.2, 0) is 10.2 Å². The van der Waals surface area contributed by atoms with E-state index in [1.807, 2.05) is 38.1 Å². The van der Waals surface area contributed by atoms with Crippen molar-refractivity contribution in [3.63, 3.8) is 0 Å². The Morgan fingerprint density at radius 3 is 2.33 bits per heavy atom. The van der Waals surface area contributed by atoms with Crippen molar-refractivity contribution < 1.29 is 14.6 Å². The Balaban J connectivity index is 2.17. The van der Waals surface area contributed by atoms with Gasteiger partial charge in [0.15, 0.2) is 0 Å². The number of ether oxygens (including phenoxy) is 2. The van der Waals surface area contributed by atoms with Crippen molar-refractivity contribution in [2.24, 2.45) is 5.73 Å². The van der Waals surface area contributed by atoms with Crippen molar-refractivity contribution in [1.29, 1.82) is 0 Å². The summed E-state index contributed by atoms with van der Waals surface area (Å²) in [6.07, 6.45) is 0.163. The molecule has 0 bridgehead atoms. The summed E-state index contributed by atoms with van der Waals surface area (Å²) in [7, 11) is 0. The lowest BCUT2D eigenvalue weighted by atomic mass is 9.73. The van der Waals surface area contributed by atoms with Crippen molar-refractivity contribution in [3.05, 3.63) is 29.8 Å². The first-order valence-electron chi connectivity index (χ1n) is 6.30. The molecule has 0 aliphatic carbocycles. The molecule has 1 fully saturated rings. The Morgan fingerprint density at radius 2 is 1.94 bits per heavy atom. The number of aliphatic hydroxyl groups is 1. The van der Waals surface area contributed by atoms with Crippen LogP contribution >= 0.6 is 0 Å². The van der Waals surface area contributed by atoms with Crippen LogP contribution in [0, 0.1) is 0 Å². The molecular weight excluding hydrogens is 230 g/mol. The zero-order chi connectivity index (χ0) is 13.2. The van der Waals surface area contributed by atoms with Gasteiger partial charge in [-0.2, -0.15) is 0 Å². The fourth-order valence-corrected chi connectivity index (χ4v) is 2.23. The third kappa shape index (κ3) is 2.36. The molecule has 2 rings (SSSR count). The number of aliphatic hydroxyl groups excluding tert-OH is 1. The second-order valence-electron chi connectivity index (χ2n) is 5.13. The van der Waals surface area contributed by atoms with Crippen molar-refractivity contribution >= 4 is 0 Å². The lowest BCUT2D eigenvalue weighted by Crippen LogP contribution is -2.60. The normalized spacial score (nSPS) is 19.4. The third-order valence-electron chi connectivity index (χ3n) is 3.43. The van der Waals surface area contributed by atoms with Gasteiger partial charge in [0.25, 0.3) is 0 Å². The Hall–Kier alpha value is -1.10. The largest absolute Gasteiger partial charge is 0.491 e. The van der Waals surface area contributed by atoms with E-state index < -0.39 is 0 Å². The molecule has 4 heteroatoms. The maximum absolute atomic E-state index is 9.27. The first-order valence-corrected chi connectivity index (χ1v) is 6.30. The molecule has 1 aromatic carbocycles. The van der Waals surface area contributed by atoms with E-state index in [2.05, 4.69) is 0 Å². The minimum absolute atomic E-state index is 0.0341. The van der Waals surface area contributed by atoms with Gasteiger partial charge in [-0.25, -0.2) is 0 Å². The highest BCUT2D eigenvalue weighted by Crippen LogP contribution is 2.35. The lowest BCUT2D eigenvalue weighted by molar-refractivity contribution is -0.0798. The predicted molar refractivity (Wildman–Crippen MR) is 69.8 cm³/mol. The molecule has 1 aliphatic heterocycles. The number of nitrogens with two attached hydrogens (primary N) is 1. The molecule has 1 unspecified atom stereocenters. The summed E-state index contributed by atoms with van der Waals surface area (Å²) in [6.45, 7) is 5.10. The number of rotatable bonds is 5. The molecule has 1 aliphatic rings. The summed E-state index contributed by atoms with van der Waals surface area (Å²) >= 11 is 0. The molecule has 1 atom stereocenters. The fraction of sp³-hybridized carbons (Fsp3) is 0.571. The highest BCUT2D eigenvalue weighted by atomic mass is 16.5. The standard InChI is InChI=1S/C14H21NO3/c1-10(2)18-12-5-3-11(4-6-12)14(8-17-9-14)13(15)7-16/h3-6,10,13,16H,7-9,15H2,1-2H3. The fourth-order valence-electron chi connectivity index (χ4n) is 2.23. The van der Waals surface area contributed by atoms with Crippen LogP contribution in [0.4, 0.5) is 0 Å². The van der Waals surface area contributed by atoms with E-state index in [0.29, 0.717) is 13.2 Å². The summed E-state index contributed by atoms with van der Waals surface area (Å²) < 4.78 is 10.9. The molecule has 0 saturated carbocycles. The maximum Gasteiger partial charge on any atom is 0.119 e. The van der Waals surface area contributed by atoms with E-state index in [9.17, 15) is 5.11 Å². The topological polar surface area (TPSA) is 64.7 Å². The predicted octanol–water partition coefficient (Wildman–Crippen LogP) is 1.06. The van der Waals surface area contributed by atoms with E-state index in [1.54, 1.807) is 0 Å². The summed E-state index contributed by atoms with van der Waals surface area (Å²) in [6, 6.07) is 7.62. The Morgan fingerprint density at radius 1 is 1.33 bits per heavy atom. The average molecular weight is 251 g/mol. The number of hydrogen-bond donors (Lipinski definition) is 2. The Labute approximate surface area is 108 Å². The first kappa shape index (κ1) is 13.3. The Bertz CT molecular complexity index is 385. The summed E-state index contributed by atoms with van der Waals surface area (Å²) in [5.41, 5.74) is 6.86. The summed E-state index contributed by atoms with van der Waals surface area (Å²) in [5, 5.41) is 9.27. The van der Waals surface area contributed by atoms with E-state index >= 15 is 0 Å². The van der Waals surface area contributed by atoms with E-state index in [1.165, 1.54) is 0 Å². The highest BCUT2D eigenvalue weighted by molar-refractivity contribution is 5.35. The van der Waals surface area contributed by atoms with Gasteiger partial charge >= 0.3 is 0 Å². The van der Waals surface area contributed by atoms with Crippen molar-refractivity contribution in [3.8, 4) is 5.75 Å². The zero-order valence-electron chi connectivity index (χ0n) is 10.9. The molecule has 0 amide bonds. The van der Waals surface area contributed by atoms with Gasteiger partial charge in [0, 0.05) is 6.04 Å². The zero-order valence-corrected chi connectivity index (χ0v) is 10.9. The maximum atomic E-state index is 9.27. The molecule has 4 nitrogen and oxygen atoms in total. The molecular formula is C14H21NO3. The highest BCUT2D eigenvalue weighted by Gasteiger charge is 2.45. The van der Waals surface area contributed by atoms with Crippen LogP contribution in [0.3, 0.4) is 0 Å². The van der Waals surface area contributed by atoms with E-state index in [-0.39, 0.29) is 24.2 Å². The molecule has 18 heavy (non-hydrogen) atoms. The molecule has 0 aromatic heterocycles. The lowest BCUT2D eigenvalue weighted by Gasteiger charge is -2.45. The van der Waals surface area contributed by atoms with Gasteiger partial charge in [-0.15, -0.1) is 0 Å². The molecule has 3 N–H and O–H groups in total. The minimum atomic E-state index is -0.289. The van der Waals surface area contributed by atoms with Crippen LogP contribution in [0.15, 0.2) is 24.3 Å². The van der Waals surface area contributed by atoms with Crippen LogP contribution < -0.4 is 10.5 Å². The van der Waals surface area contributed by atoms with Crippen molar-refractivity contribution in [2.75, 3.05) is 19.8 Å². The molecule has 0 spiro atoms. The second kappa shape index (κ2) is 5.26. The molecule has 1 aromatic rings. The van der Waals surface area contributed by atoms with Gasteiger partial charge in [-0.05, 0) is 31.5 Å². The third-order valence-corrected chi connectivity index (χ3v) is 3.43. The van der Waals surface area contributed by atoms with E-state index in [4.69, 9.17) is 15.2 Å². The van der Waals surface area contributed by atoms with E-state index in [0.717, 1.165) is 11.3 Å². The van der Waals surface area contributed by atoms with Crippen LogP contribution in [0.5, 0.6) is 5.75 Å². The number of hydrogen-bond acceptors (Lipinski definition) is 4. The van der Waals surface area contributed by atoms with Gasteiger partial charge in [0.05, 0.1) is 31.3 Å². The van der Waals surface area contributed by atoms with Crippen LogP contribution in [0.25, 0.3) is 0 Å². The quantitative estimate of drug-likeness (QED) is 0.821. The SMILES string of the molecule is CC(C)Oc1ccc(C2(C(N)CO)COC2)cc1. The van der Waals surface area contributed by atoms with Gasteiger partial charge in [0.2, 0.25) is 0 Å². The van der Waals surface area contributed by atoms with Gasteiger partial charge in [-0.1, -0.05) is 12.1 Å². The van der Waals surface area contributed by atoms with Crippen LogP contribution in [0.1, 0.15) is 19.4 Å². The Kier molecular flexibility index (Phi) is 3.90. The minimum Gasteiger partial charge on any atom is -0.491 e. The van der Waals surface area contributed by atoms with Gasteiger partial charge in [-0.3, -0.25) is 0 Å². The number of benzene rings is 1. The second-order valence-corrected chi connectivity index (χ2v) is 5.13. The van der Waals surface area contributed by atoms with Crippen molar-refractivity contribution in [1.82, 2.24) is 0 Å².